The van der Waals surface area contributed by atoms with E-state index in [2.05, 4.69) is 34.6 Å². The molecule has 0 spiro atoms. The van der Waals surface area contributed by atoms with Crippen LogP contribution >= 0.6 is 0 Å². The number of rotatable bonds is 5. The highest BCUT2D eigenvalue weighted by molar-refractivity contribution is 5.78. The third kappa shape index (κ3) is 2.91. The zero-order valence-corrected chi connectivity index (χ0v) is 18.1. The number of Topliss-reactive ketones (excluding diaryl/α,β-unsaturated/α-hetero) is 1. The van der Waals surface area contributed by atoms with Gasteiger partial charge in [-0.05, 0) is 104 Å². The fourth-order valence-electron chi connectivity index (χ4n) is 8.53. The molecule has 2 atom stereocenters. The zero-order chi connectivity index (χ0) is 18.7. The monoisotopic (exact) mass is 358 g/mol. The molecule has 0 aromatic carbocycles. The fraction of sp³-hybridized carbons (Fsp3) is 0.960. The maximum atomic E-state index is 13.0. The SMILES string of the molecule is CC12CCC(CC1)C(C)(C)C2CCC(=O)CC1C2CCC(CC2)C1(C)C. The highest BCUT2D eigenvalue weighted by Gasteiger charge is 2.54. The fourth-order valence-corrected chi connectivity index (χ4v) is 8.53. The average Bonchev–Trinajstić information content (AvgIpc) is 2.58. The molecule has 0 radical (unpaired) electrons. The van der Waals surface area contributed by atoms with Crippen LogP contribution in [-0.2, 0) is 4.79 Å². The van der Waals surface area contributed by atoms with E-state index in [-0.39, 0.29) is 0 Å². The van der Waals surface area contributed by atoms with E-state index in [1.807, 2.05) is 0 Å². The minimum Gasteiger partial charge on any atom is -0.300 e. The first-order chi connectivity index (χ1) is 12.1. The van der Waals surface area contributed by atoms with Crippen molar-refractivity contribution in [2.45, 2.75) is 105 Å². The van der Waals surface area contributed by atoms with Crippen LogP contribution < -0.4 is 0 Å². The number of carbonyl (C=O) groups excluding carboxylic acids is 1. The molecule has 1 nitrogen and oxygen atoms in total. The predicted octanol–water partition coefficient (Wildman–Crippen LogP) is 7.04. The summed E-state index contributed by atoms with van der Waals surface area (Å²) < 4.78 is 0. The molecule has 6 aliphatic rings. The second kappa shape index (κ2) is 6.35. The van der Waals surface area contributed by atoms with E-state index in [1.54, 1.807) is 0 Å². The second-order valence-electron chi connectivity index (χ2n) is 12.1. The highest BCUT2D eigenvalue weighted by atomic mass is 16.1. The Morgan fingerprint density at radius 1 is 0.808 bits per heavy atom. The number of hydrogen-bond acceptors (Lipinski definition) is 1. The van der Waals surface area contributed by atoms with Crippen molar-refractivity contribution in [2.24, 2.45) is 45.8 Å². The summed E-state index contributed by atoms with van der Waals surface area (Å²) in [6, 6.07) is 0. The summed E-state index contributed by atoms with van der Waals surface area (Å²) in [5, 5.41) is 0. The average molecular weight is 359 g/mol. The lowest BCUT2D eigenvalue weighted by Gasteiger charge is -2.60. The van der Waals surface area contributed by atoms with E-state index >= 15 is 0 Å². The molecular weight excluding hydrogens is 316 g/mol. The largest absolute Gasteiger partial charge is 0.300 e. The Hall–Kier alpha value is -0.330. The molecule has 6 saturated carbocycles. The lowest BCUT2D eigenvalue weighted by Crippen LogP contribution is -2.52. The topological polar surface area (TPSA) is 17.1 Å². The molecule has 0 aromatic rings. The Morgan fingerprint density at radius 2 is 1.38 bits per heavy atom. The van der Waals surface area contributed by atoms with Crippen LogP contribution in [0, 0.1) is 45.8 Å². The van der Waals surface area contributed by atoms with Gasteiger partial charge in [-0.1, -0.05) is 34.6 Å². The molecule has 26 heavy (non-hydrogen) atoms. The molecular formula is C25H42O. The zero-order valence-electron chi connectivity index (χ0n) is 18.1. The van der Waals surface area contributed by atoms with Crippen molar-refractivity contribution in [1.29, 1.82) is 0 Å². The summed E-state index contributed by atoms with van der Waals surface area (Å²) in [6.07, 6.45) is 14.1. The van der Waals surface area contributed by atoms with Gasteiger partial charge in [0.2, 0.25) is 0 Å². The van der Waals surface area contributed by atoms with Crippen molar-refractivity contribution < 1.29 is 4.79 Å². The summed E-state index contributed by atoms with van der Waals surface area (Å²) in [4.78, 5) is 13.0. The highest BCUT2D eigenvalue weighted by Crippen LogP contribution is 2.63. The van der Waals surface area contributed by atoms with Crippen LogP contribution in [0.25, 0.3) is 0 Å². The predicted molar refractivity (Wildman–Crippen MR) is 109 cm³/mol. The van der Waals surface area contributed by atoms with Crippen molar-refractivity contribution in [3.05, 3.63) is 0 Å². The van der Waals surface area contributed by atoms with Gasteiger partial charge in [0.15, 0.2) is 0 Å². The third-order valence-electron chi connectivity index (χ3n) is 10.4. The van der Waals surface area contributed by atoms with Crippen LogP contribution in [0.1, 0.15) is 105 Å². The molecule has 6 rings (SSSR count). The molecule has 148 valence electrons. The molecule has 0 heterocycles. The molecule has 0 amide bonds. The van der Waals surface area contributed by atoms with E-state index in [0.717, 1.165) is 42.9 Å². The van der Waals surface area contributed by atoms with E-state index in [0.29, 0.717) is 27.9 Å². The molecule has 1 heteroatoms. The minimum atomic E-state index is 0.395. The van der Waals surface area contributed by atoms with E-state index < -0.39 is 0 Å². The Balaban J connectivity index is 1.38. The van der Waals surface area contributed by atoms with Crippen LogP contribution in [0.4, 0.5) is 0 Å². The maximum absolute atomic E-state index is 13.0. The van der Waals surface area contributed by atoms with Crippen molar-refractivity contribution in [3.8, 4) is 0 Å². The van der Waals surface area contributed by atoms with Gasteiger partial charge in [-0.25, -0.2) is 0 Å². The van der Waals surface area contributed by atoms with E-state index in [9.17, 15) is 4.79 Å². The molecule has 2 unspecified atom stereocenters. The molecule has 0 saturated heterocycles. The van der Waals surface area contributed by atoms with Crippen LogP contribution in [0.5, 0.6) is 0 Å². The maximum Gasteiger partial charge on any atom is 0.133 e. The minimum absolute atomic E-state index is 0.395. The van der Waals surface area contributed by atoms with Crippen LogP contribution in [-0.4, -0.2) is 5.78 Å². The Bertz CT molecular complexity index is 536. The Morgan fingerprint density at radius 3 is 1.92 bits per heavy atom. The molecule has 6 aliphatic carbocycles. The molecule has 0 aromatic heterocycles. The summed E-state index contributed by atoms with van der Waals surface area (Å²) in [5.74, 6) is 4.60. The first-order valence-electron chi connectivity index (χ1n) is 11.7. The van der Waals surface area contributed by atoms with Gasteiger partial charge >= 0.3 is 0 Å². The van der Waals surface area contributed by atoms with Gasteiger partial charge in [0, 0.05) is 12.8 Å². The van der Waals surface area contributed by atoms with E-state index in [1.165, 1.54) is 51.4 Å². The Kier molecular flexibility index (Phi) is 4.64. The first-order valence-corrected chi connectivity index (χ1v) is 11.7. The van der Waals surface area contributed by atoms with Crippen LogP contribution in [0.2, 0.25) is 0 Å². The van der Waals surface area contributed by atoms with Gasteiger partial charge in [-0.2, -0.15) is 0 Å². The third-order valence-corrected chi connectivity index (χ3v) is 10.4. The van der Waals surface area contributed by atoms with Gasteiger partial charge in [0.05, 0.1) is 0 Å². The summed E-state index contributed by atoms with van der Waals surface area (Å²) in [6.45, 7) is 12.5. The molecule has 0 aliphatic heterocycles. The van der Waals surface area contributed by atoms with Crippen molar-refractivity contribution in [1.82, 2.24) is 0 Å². The van der Waals surface area contributed by atoms with Gasteiger partial charge < -0.3 is 0 Å². The van der Waals surface area contributed by atoms with Crippen molar-refractivity contribution >= 4 is 5.78 Å². The van der Waals surface area contributed by atoms with Crippen LogP contribution in [0.3, 0.4) is 0 Å². The Labute approximate surface area is 162 Å². The summed E-state index contributed by atoms with van der Waals surface area (Å²) in [7, 11) is 0. The van der Waals surface area contributed by atoms with Gasteiger partial charge in [0.1, 0.15) is 5.78 Å². The number of fused-ring (bicyclic) bond motifs is 6. The van der Waals surface area contributed by atoms with Gasteiger partial charge in [0.25, 0.3) is 0 Å². The molecule has 6 fully saturated rings. The standard InChI is InChI=1S/C25H42O/c1-23(2)18-8-6-17(7-9-18)21(23)16-20(26)10-11-22-24(3,4)19-12-14-25(22,5)15-13-19/h17-19,21-22H,6-16H2,1-5H3. The second-order valence-corrected chi connectivity index (χ2v) is 12.1. The first kappa shape index (κ1) is 19.0. The smallest absolute Gasteiger partial charge is 0.133 e. The molecule has 4 bridgehead atoms. The molecule has 0 N–H and O–H groups in total. The van der Waals surface area contributed by atoms with Crippen molar-refractivity contribution in [3.63, 3.8) is 0 Å². The summed E-state index contributed by atoms with van der Waals surface area (Å²) >= 11 is 0. The summed E-state index contributed by atoms with van der Waals surface area (Å²) in [5.41, 5.74) is 1.34. The van der Waals surface area contributed by atoms with Crippen molar-refractivity contribution in [2.75, 3.05) is 0 Å². The van der Waals surface area contributed by atoms with Gasteiger partial charge in [-0.3, -0.25) is 4.79 Å². The van der Waals surface area contributed by atoms with E-state index in [4.69, 9.17) is 0 Å². The van der Waals surface area contributed by atoms with Crippen LogP contribution in [0.15, 0.2) is 0 Å². The normalized spacial score (nSPS) is 45.7. The number of hydrogen-bond donors (Lipinski definition) is 0. The quantitative estimate of drug-likeness (QED) is 0.515. The lowest BCUT2D eigenvalue weighted by molar-refractivity contribution is -0.130. The lowest BCUT2D eigenvalue weighted by atomic mass is 9.45. The van der Waals surface area contributed by atoms with Gasteiger partial charge in [-0.15, -0.1) is 0 Å². The number of carbonyl (C=O) groups is 1. The number of ketones is 1.